The van der Waals surface area contributed by atoms with Gasteiger partial charge in [0.05, 0.1) is 4.90 Å². The minimum absolute atomic E-state index is 0.307. The molecular weight excluding hydrogens is 284 g/mol. The minimum atomic E-state index is -3.43. The van der Waals surface area contributed by atoms with Crippen molar-refractivity contribution < 1.29 is 8.42 Å². The van der Waals surface area contributed by atoms with E-state index in [-0.39, 0.29) is 0 Å². The summed E-state index contributed by atoms with van der Waals surface area (Å²) in [4.78, 5) is 0.307. The summed E-state index contributed by atoms with van der Waals surface area (Å²) in [6.07, 6.45) is 2.00. The first-order valence-electron chi connectivity index (χ1n) is 6.45. The third kappa shape index (κ3) is 3.92. The zero-order valence-electron chi connectivity index (χ0n) is 10.9. The molecule has 0 spiro atoms. The SMILES string of the molecule is Cc1cc(Cl)ccc1S(=O)(=O)NCCC1CCNC1. The first-order valence-corrected chi connectivity index (χ1v) is 8.32. The first kappa shape index (κ1) is 14.8. The summed E-state index contributed by atoms with van der Waals surface area (Å²) in [6, 6.07) is 4.82. The Hall–Kier alpha value is -0.620. The summed E-state index contributed by atoms with van der Waals surface area (Å²) in [5, 5.41) is 3.82. The van der Waals surface area contributed by atoms with Crippen LogP contribution in [0.4, 0.5) is 0 Å². The standard InChI is InChI=1S/C13H19ClN2O2S/c1-10-8-12(14)2-3-13(10)19(17,18)16-7-5-11-4-6-15-9-11/h2-3,8,11,15-16H,4-7,9H2,1H3. The number of sulfonamides is 1. The molecule has 0 aliphatic carbocycles. The molecule has 0 saturated carbocycles. The van der Waals surface area contributed by atoms with Crippen LogP contribution >= 0.6 is 11.6 Å². The van der Waals surface area contributed by atoms with Crippen LogP contribution in [0.15, 0.2) is 23.1 Å². The van der Waals surface area contributed by atoms with Crippen LogP contribution in [0.3, 0.4) is 0 Å². The van der Waals surface area contributed by atoms with E-state index in [0.717, 1.165) is 25.9 Å². The van der Waals surface area contributed by atoms with Crippen molar-refractivity contribution in [2.75, 3.05) is 19.6 Å². The summed E-state index contributed by atoms with van der Waals surface area (Å²) < 4.78 is 27.0. The van der Waals surface area contributed by atoms with Crippen LogP contribution < -0.4 is 10.0 Å². The fourth-order valence-corrected chi connectivity index (χ4v) is 3.85. The van der Waals surface area contributed by atoms with Crippen LogP contribution in [-0.4, -0.2) is 28.1 Å². The molecule has 1 saturated heterocycles. The van der Waals surface area contributed by atoms with Crippen molar-refractivity contribution in [3.05, 3.63) is 28.8 Å². The lowest BCUT2D eigenvalue weighted by atomic mass is 10.1. The van der Waals surface area contributed by atoms with Gasteiger partial charge in [0, 0.05) is 11.6 Å². The Labute approximate surface area is 119 Å². The average Bonchev–Trinajstić information content (AvgIpc) is 2.81. The largest absolute Gasteiger partial charge is 0.316 e. The lowest BCUT2D eigenvalue weighted by Crippen LogP contribution is -2.27. The van der Waals surface area contributed by atoms with E-state index in [0.29, 0.717) is 27.9 Å². The number of benzene rings is 1. The number of aryl methyl sites for hydroxylation is 1. The number of nitrogens with one attached hydrogen (secondary N) is 2. The van der Waals surface area contributed by atoms with Gasteiger partial charge in [0.1, 0.15) is 0 Å². The van der Waals surface area contributed by atoms with Gasteiger partial charge in [0.15, 0.2) is 0 Å². The Balaban J connectivity index is 1.97. The molecule has 1 heterocycles. The quantitative estimate of drug-likeness (QED) is 0.874. The van der Waals surface area contributed by atoms with E-state index in [1.165, 1.54) is 0 Å². The van der Waals surface area contributed by atoms with E-state index < -0.39 is 10.0 Å². The van der Waals surface area contributed by atoms with Crippen LogP contribution in [0.2, 0.25) is 5.02 Å². The second-order valence-corrected chi connectivity index (χ2v) is 7.13. The van der Waals surface area contributed by atoms with E-state index >= 15 is 0 Å². The van der Waals surface area contributed by atoms with E-state index in [1.54, 1.807) is 25.1 Å². The Kier molecular flexibility index (Phi) is 4.84. The van der Waals surface area contributed by atoms with Gasteiger partial charge in [-0.3, -0.25) is 0 Å². The molecule has 0 radical (unpaired) electrons. The van der Waals surface area contributed by atoms with Crippen molar-refractivity contribution in [2.45, 2.75) is 24.7 Å². The molecule has 1 aliphatic heterocycles. The average molecular weight is 303 g/mol. The molecule has 1 aromatic carbocycles. The number of halogens is 1. The minimum Gasteiger partial charge on any atom is -0.316 e. The molecule has 4 nitrogen and oxygen atoms in total. The van der Waals surface area contributed by atoms with Gasteiger partial charge >= 0.3 is 0 Å². The third-order valence-corrected chi connectivity index (χ3v) is 5.29. The molecule has 1 unspecified atom stereocenters. The molecule has 6 heteroatoms. The van der Waals surface area contributed by atoms with Crippen LogP contribution in [0.25, 0.3) is 0 Å². The van der Waals surface area contributed by atoms with Crippen LogP contribution in [0.1, 0.15) is 18.4 Å². The van der Waals surface area contributed by atoms with Gasteiger partial charge in [-0.25, -0.2) is 13.1 Å². The molecule has 0 bridgehead atoms. The second-order valence-electron chi connectivity index (χ2n) is 4.96. The second kappa shape index (κ2) is 6.22. The fraction of sp³-hybridized carbons (Fsp3) is 0.538. The lowest BCUT2D eigenvalue weighted by molar-refractivity contribution is 0.519. The Morgan fingerprint density at radius 3 is 2.89 bits per heavy atom. The maximum absolute atomic E-state index is 12.2. The van der Waals surface area contributed by atoms with Gasteiger partial charge in [-0.2, -0.15) is 0 Å². The fourth-order valence-electron chi connectivity index (χ4n) is 2.35. The predicted molar refractivity (Wildman–Crippen MR) is 77.0 cm³/mol. The van der Waals surface area contributed by atoms with Gasteiger partial charge in [0.2, 0.25) is 10.0 Å². The molecular formula is C13H19ClN2O2S. The van der Waals surface area contributed by atoms with Crippen molar-refractivity contribution in [3.63, 3.8) is 0 Å². The summed E-state index contributed by atoms with van der Waals surface area (Å²) in [6.45, 7) is 4.26. The van der Waals surface area contributed by atoms with E-state index in [2.05, 4.69) is 10.0 Å². The highest BCUT2D eigenvalue weighted by Crippen LogP contribution is 2.19. The van der Waals surface area contributed by atoms with E-state index in [4.69, 9.17) is 11.6 Å². The monoisotopic (exact) mass is 302 g/mol. The molecule has 19 heavy (non-hydrogen) atoms. The molecule has 0 aromatic heterocycles. The summed E-state index contributed by atoms with van der Waals surface area (Å²) >= 11 is 5.84. The van der Waals surface area contributed by atoms with Crippen LogP contribution in [0.5, 0.6) is 0 Å². The lowest BCUT2D eigenvalue weighted by Gasteiger charge is -2.11. The summed E-state index contributed by atoms with van der Waals surface area (Å²) in [5.74, 6) is 0.578. The molecule has 1 fully saturated rings. The van der Waals surface area contributed by atoms with Gasteiger partial charge in [-0.05, 0) is 62.5 Å². The molecule has 1 aliphatic rings. The first-order chi connectivity index (χ1) is 8.99. The maximum Gasteiger partial charge on any atom is 0.240 e. The molecule has 1 atom stereocenters. The highest BCUT2D eigenvalue weighted by Gasteiger charge is 2.18. The molecule has 1 aromatic rings. The number of rotatable bonds is 5. The predicted octanol–water partition coefficient (Wildman–Crippen LogP) is 1.93. The van der Waals surface area contributed by atoms with E-state index in [9.17, 15) is 8.42 Å². The van der Waals surface area contributed by atoms with Crippen molar-refractivity contribution in [1.82, 2.24) is 10.0 Å². The molecule has 106 valence electrons. The topological polar surface area (TPSA) is 58.2 Å². The molecule has 2 N–H and O–H groups in total. The highest BCUT2D eigenvalue weighted by molar-refractivity contribution is 7.89. The highest BCUT2D eigenvalue weighted by atomic mass is 35.5. The normalized spacial score (nSPS) is 19.8. The van der Waals surface area contributed by atoms with E-state index in [1.807, 2.05) is 0 Å². The van der Waals surface area contributed by atoms with Gasteiger partial charge < -0.3 is 5.32 Å². The smallest absolute Gasteiger partial charge is 0.240 e. The van der Waals surface area contributed by atoms with Crippen molar-refractivity contribution in [1.29, 1.82) is 0 Å². The zero-order valence-corrected chi connectivity index (χ0v) is 12.5. The third-order valence-electron chi connectivity index (χ3n) is 3.43. The maximum atomic E-state index is 12.2. The van der Waals surface area contributed by atoms with Crippen LogP contribution in [0, 0.1) is 12.8 Å². The number of hydrogen-bond donors (Lipinski definition) is 2. The van der Waals surface area contributed by atoms with Crippen LogP contribution in [-0.2, 0) is 10.0 Å². The molecule has 0 amide bonds. The summed E-state index contributed by atoms with van der Waals surface area (Å²) in [5.41, 5.74) is 0.669. The van der Waals surface area contributed by atoms with Gasteiger partial charge in [0.25, 0.3) is 0 Å². The Bertz CT molecular complexity index is 540. The Morgan fingerprint density at radius 1 is 1.47 bits per heavy atom. The zero-order chi connectivity index (χ0) is 13.9. The summed E-state index contributed by atoms with van der Waals surface area (Å²) in [7, 11) is -3.43. The van der Waals surface area contributed by atoms with Gasteiger partial charge in [-0.1, -0.05) is 11.6 Å². The van der Waals surface area contributed by atoms with Crippen molar-refractivity contribution in [2.24, 2.45) is 5.92 Å². The van der Waals surface area contributed by atoms with Crippen molar-refractivity contribution in [3.8, 4) is 0 Å². The number of hydrogen-bond acceptors (Lipinski definition) is 3. The molecule has 2 rings (SSSR count). The van der Waals surface area contributed by atoms with Crippen molar-refractivity contribution >= 4 is 21.6 Å². The van der Waals surface area contributed by atoms with Gasteiger partial charge in [-0.15, -0.1) is 0 Å². The Morgan fingerprint density at radius 2 is 2.26 bits per heavy atom.